The fourth-order valence-corrected chi connectivity index (χ4v) is 4.52. The summed E-state index contributed by atoms with van der Waals surface area (Å²) in [5.41, 5.74) is 3.08. The first-order chi connectivity index (χ1) is 14.4. The van der Waals surface area contributed by atoms with Gasteiger partial charge in [-0.05, 0) is 48.9 Å². The number of hydrogen-bond donors (Lipinski definition) is 1. The molecule has 3 rings (SSSR count). The van der Waals surface area contributed by atoms with E-state index in [9.17, 15) is 13.2 Å². The second kappa shape index (κ2) is 9.41. The minimum absolute atomic E-state index is 0.121. The first-order valence-electron chi connectivity index (χ1n) is 9.54. The zero-order valence-electron chi connectivity index (χ0n) is 16.8. The van der Waals surface area contributed by atoms with Crippen molar-refractivity contribution >= 4 is 21.6 Å². The number of carbonyl (C=O) groups is 1. The van der Waals surface area contributed by atoms with E-state index in [1.54, 1.807) is 54.6 Å². The van der Waals surface area contributed by atoms with Crippen LogP contribution in [0.2, 0.25) is 0 Å². The number of anilines is 1. The predicted octanol–water partition coefficient (Wildman–Crippen LogP) is 4.31. The van der Waals surface area contributed by atoms with Crippen LogP contribution < -0.4 is 9.62 Å². The summed E-state index contributed by atoms with van der Waals surface area (Å²) < 4.78 is 27.3. The lowest BCUT2D eigenvalue weighted by Crippen LogP contribution is -2.31. The maximum Gasteiger partial charge on any atom is 0.264 e. The first kappa shape index (κ1) is 21.3. The highest BCUT2D eigenvalue weighted by molar-refractivity contribution is 7.92. The second-order valence-corrected chi connectivity index (χ2v) is 8.72. The van der Waals surface area contributed by atoms with E-state index in [1.165, 1.54) is 10.4 Å². The van der Waals surface area contributed by atoms with Gasteiger partial charge in [0.1, 0.15) is 0 Å². The van der Waals surface area contributed by atoms with Crippen LogP contribution in [0.25, 0.3) is 0 Å². The lowest BCUT2D eigenvalue weighted by Gasteiger charge is -2.23. The van der Waals surface area contributed by atoms with Gasteiger partial charge in [-0.1, -0.05) is 54.1 Å². The first-order valence-corrected chi connectivity index (χ1v) is 11.0. The van der Waals surface area contributed by atoms with Crippen molar-refractivity contribution in [2.45, 2.75) is 18.4 Å². The normalized spacial score (nSPS) is 11.0. The van der Waals surface area contributed by atoms with Crippen LogP contribution in [0.3, 0.4) is 0 Å². The van der Waals surface area contributed by atoms with E-state index >= 15 is 0 Å². The molecule has 0 fully saturated rings. The van der Waals surface area contributed by atoms with Gasteiger partial charge in [-0.3, -0.25) is 9.10 Å². The standard InChI is InChI=1S/C24H24N2O3S/c1-3-16-26(30(28,29)23-10-5-4-6-11-23)22-14-12-21(13-15-22)24(27)25-18-20-9-7-8-19(2)17-20/h3-15,17H,1,16,18H2,2H3,(H,25,27). The van der Waals surface area contributed by atoms with Crippen LogP contribution in [0.15, 0.2) is 96.4 Å². The van der Waals surface area contributed by atoms with Crippen molar-refractivity contribution in [3.8, 4) is 0 Å². The second-order valence-electron chi connectivity index (χ2n) is 6.86. The lowest BCUT2D eigenvalue weighted by molar-refractivity contribution is 0.0951. The van der Waals surface area contributed by atoms with Gasteiger partial charge in [0, 0.05) is 12.1 Å². The highest BCUT2D eigenvalue weighted by Gasteiger charge is 2.23. The summed E-state index contributed by atoms with van der Waals surface area (Å²) in [6.45, 7) is 6.22. The van der Waals surface area contributed by atoms with Crippen LogP contribution in [-0.2, 0) is 16.6 Å². The van der Waals surface area contributed by atoms with Gasteiger partial charge in [0.15, 0.2) is 0 Å². The van der Waals surface area contributed by atoms with E-state index in [4.69, 9.17) is 0 Å². The Morgan fingerprint density at radius 3 is 2.33 bits per heavy atom. The molecule has 0 atom stereocenters. The molecule has 0 saturated carbocycles. The fraction of sp³-hybridized carbons (Fsp3) is 0.125. The van der Waals surface area contributed by atoms with Gasteiger partial charge < -0.3 is 5.32 Å². The molecule has 154 valence electrons. The lowest BCUT2D eigenvalue weighted by atomic mass is 10.1. The van der Waals surface area contributed by atoms with Gasteiger partial charge in [0.2, 0.25) is 0 Å². The molecule has 1 amide bonds. The quantitative estimate of drug-likeness (QED) is 0.553. The maximum atomic E-state index is 13.0. The largest absolute Gasteiger partial charge is 0.348 e. The van der Waals surface area contributed by atoms with E-state index in [0.717, 1.165) is 11.1 Å². The zero-order chi connectivity index (χ0) is 21.6. The van der Waals surface area contributed by atoms with Gasteiger partial charge in [0.05, 0.1) is 17.1 Å². The third-order valence-corrected chi connectivity index (χ3v) is 6.39. The molecule has 1 N–H and O–H groups in total. The van der Waals surface area contributed by atoms with Gasteiger partial charge in [-0.25, -0.2) is 8.42 Å². The summed E-state index contributed by atoms with van der Waals surface area (Å²) in [5, 5.41) is 2.89. The number of aryl methyl sites for hydroxylation is 1. The van der Waals surface area contributed by atoms with Crippen molar-refractivity contribution in [1.29, 1.82) is 0 Å². The molecule has 0 radical (unpaired) electrons. The summed E-state index contributed by atoms with van der Waals surface area (Å²) in [6, 6.07) is 22.7. The molecule has 0 aromatic heterocycles. The Morgan fingerprint density at radius 2 is 1.70 bits per heavy atom. The van der Waals surface area contributed by atoms with Crippen LogP contribution in [0.5, 0.6) is 0 Å². The number of benzene rings is 3. The predicted molar refractivity (Wildman–Crippen MR) is 120 cm³/mol. The minimum Gasteiger partial charge on any atom is -0.348 e. The third-order valence-electron chi connectivity index (χ3n) is 4.58. The number of rotatable bonds is 8. The van der Waals surface area contributed by atoms with Crippen molar-refractivity contribution in [2.24, 2.45) is 0 Å². The molecule has 0 spiro atoms. The van der Waals surface area contributed by atoms with Crippen LogP contribution in [-0.4, -0.2) is 20.9 Å². The molecule has 0 aliphatic heterocycles. The highest BCUT2D eigenvalue weighted by atomic mass is 32.2. The molecule has 5 nitrogen and oxygen atoms in total. The summed E-state index contributed by atoms with van der Waals surface area (Å²) in [5.74, 6) is -0.218. The number of amides is 1. The van der Waals surface area contributed by atoms with Crippen molar-refractivity contribution in [3.63, 3.8) is 0 Å². The number of sulfonamides is 1. The molecule has 30 heavy (non-hydrogen) atoms. The zero-order valence-corrected chi connectivity index (χ0v) is 17.6. The molecule has 0 aliphatic carbocycles. The summed E-state index contributed by atoms with van der Waals surface area (Å²) in [6.07, 6.45) is 1.53. The average Bonchev–Trinajstić information content (AvgIpc) is 2.76. The number of carbonyl (C=O) groups excluding carboxylic acids is 1. The molecular weight excluding hydrogens is 396 g/mol. The minimum atomic E-state index is -3.74. The van der Waals surface area contributed by atoms with Gasteiger partial charge >= 0.3 is 0 Å². The van der Waals surface area contributed by atoms with Crippen molar-refractivity contribution in [2.75, 3.05) is 10.8 Å². The molecule has 0 unspecified atom stereocenters. The summed E-state index contributed by atoms with van der Waals surface area (Å²) >= 11 is 0. The van der Waals surface area contributed by atoms with Gasteiger partial charge in [-0.15, -0.1) is 6.58 Å². The Balaban J connectivity index is 1.77. The van der Waals surface area contributed by atoms with Crippen molar-refractivity contribution in [3.05, 3.63) is 108 Å². The van der Waals surface area contributed by atoms with E-state index in [-0.39, 0.29) is 17.3 Å². The molecule has 0 saturated heterocycles. The van der Waals surface area contributed by atoms with Gasteiger partial charge in [-0.2, -0.15) is 0 Å². The van der Waals surface area contributed by atoms with Crippen LogP contribution in [0.1, 0.15) is 21.5 Å². The summed E-state index contributed by atoms with van der Waals surface area (Å²) in [4.78, 5) is 12.7. The molecule has 6 heteroatoms. The topological polar surface area (TPSA) is 66.5 Å². The third kappa shape index (κ3) is 4.96. The molecule has 0 heterocycles. The Hall–Kier alpha value is -3.38. The SMILES string of the molecule is C=CCN(c1ccc(C(=O)NCc2cccc(C)c2)cc1)S(=O)(=O)c1ccccc1. The van der Waals surface area contributed by atoms with Crippen molar-refractivity contribution < 1.29 is 13.2 Å². The smallest absolute Gasteiger partial charge is 0.264 e. The maximum absolute atomic E-state index is 13.0. The van der Waals surface area contributed by atoms with E-state index in [1.807, 2.05) is 31.2 Å². The Kier molecular flexibility index (Phi) is 6.69. The van der Waals surface area contributed by atoms with E-state index in [0.29, 0.717) is 17.8 Å². The van der Waals surface area contributed by atoms with Crippen LogP contribution in [0.4, 0.5) is 5.69 Å². The van der Waals surface area contributed by atoms with E-state index in [2.05, 4.69) is 11.9 Å². The van der Waals surface area contributed by atoms with Crippen molar-refractivity contribution in [1.82, 2.24) is 5.32 Å². The van der Waals surface area contributed by atoms with Crippen LogP contribution >= 0.6 is 0 Å². The molecule has 3 aromatic carbocycles. The number of nitrogens with one attached hydrogen (secondary N) is 1. The summed E-state index contributed by atoms with van der Waals surface area (Å²) in [7, 11) is -3.74. The molecule has 3 aromatic rings. The van der Waals surface area contributed by atoms with Gasteiger partial charge in [0.25, 0.3) is 15.9 Å². The number of nitrogens with zero attached hydrogens (tertiary/aromatic N) is 1. The Bertz CT molecular complexity index is 1120. The fourth-order valence-electron chi connectivity index (χ4n) is 3.06. The highest BCUT2D eigenvalue weighted by Crippen LogP contribution is 2.24. The number of hydrogen-bond acceptors (Lipinski definition) is 3. The average molecular weight is 421 g/mol. The van der Waals surface area contributed by atoms with E-state index < -0.39 is 10.0 Å². The molecular formula is C24H24N2O3S. The Morgan fingerprint density at radius 1 is 1.00 bits per heavy atom. The molecule has 0 aliphatic rings. The Labute approximate surface area is 177 Å². The van der Waals surface area contributed by atoms with Crippen LogP contribution in [0, 0.1) is 6.92 Å². The molecule has 0 bridgehead atoms. The monoisotopic (exact) mass is 420 g/mol.